The Bertz CT molecular complexity index is 595. The first-order valence-corrected chi connectivity index (χ1v) is 8.42. The van der Waals surface area contributed by atoms with Crippen LogP contribution in [-0.4, -0.2) is 11.5 Å². The molecule has 0 radical (unpaired) electrons. The molecule has 1 atom stereocenters. The summed E-state index contributed by atoms with van der Waals surface area (Å²) in [5.74, 6) is 2.99. The van der Waals surface area contributed by atoms with Crippen LogP contribution in [0, 0.1) is 6.92 Å². The first-order chi connectivity index (χ1) is 9.24. The zero-order valence-corrected chi connectivity index (χ0v) is 12.6. The molecule has 1 aliphatic heterocycles. The summed E-state index contributed by atoms with van der Waals surface area (Å²) in [4.78, 5) is 2.77. The minimum Gasteiger partial charge on any atom is -0.399 e. The fourth-order valence-corrected chi connectivity index (χ4v) is 4.93. The first kappa shape index (κ1) is 12.9. The summed E-state index contributed by atoms with van der Waals surface area (Å²) in [5, 5.41) is 0. The van der Waals surface area contributed by atoms with E-state index in [0.29, 0.717) is 5.92 Å². The van der Waals surface area contributed by atoms with Crippen LogP contribution >= 0.6 is 23.5 Å². The van der Waals surface area contributed by atoms with Crippen LogP contribution in [0.3, 0.4) is 0 Å². The maximum absolute atomic E-state index is 5.87. The fraction of sp³-hybridized carbons (Fsp3) is 0.250. The SMILES string of the molecule is Cc1ccc(N)cc1SCC1CSc2ccccc21. The van der Waals surface area contributed by atoms with E-state index in [1.54, 1.807) is 0 Å². The van der Waals surface area contributed by atoms with Crippen LogP contribution in [0.1, 0.15) is 17.0 Å². The topological polar surface area (TPSA) is 26.0 Å². The van der Waals surface area contributed by atoms with Gasteiger partial charge < -0.3 is 5.73 Å². The number of anilines is 1. The second-order valence-corrected chi connectivity index (χ2v) is 7.01. The number of fused-ring (bicyclic) bond motifs is 1. The van der Waals surface area contributed by atoms with Crippen molar-refractivity contribution in [3.05, 3.63) is 53.6 Å². The van der Waals surface area contributed by atoms with Crippen molar-refractivity contribution in [3.63, 3.8) is 0 Å². The van der Waals surface area contributed by atoms with Gasteiger partial charge in [-0.1, -0.05) is 24.3 Å². The molecule has 0 fully saturated rings. The Hall–Kier alpha value is -1.06. The maximum atomic E-state index is 5.87. The van der Waals surface area contributed by atoms with Crippen LogP contribution < -0.4 is 5.73 Å². The minimum absolute atomic E-state index is 0.659. The first-order valence-electron chi connectivity index (χ1n) is 6.44. The third kappa shape index (κ3) is 2.77. The van der Waals surface area contributed by atoms with Crippen LogP contribution in [-0.2, 0) is 0 Å². The number of hydrogen-bond acceptors (Lipinski definition) is 3. The van der Waals surface area contributed by atoms with E-state index >= 15 is 0 Å². The third-order valence-corrected chi connectivity index (χ3v) is 6.02. The molecular weight excluding hydrogens is 270 g/mol. The van der Waals surface area contributed by atoms with Crippen molar-refractivity contribution in [1.82, 2.24) is 0 Å². The van der Waals surface area contributed by atoms with E-state index in [-0.39, 0.29) is 0 Å². The molecule has 2 N–H and O–H groups in total. The van der Waals surface area contributed by atoms with Gasteiger partial charge in [0.15, 0.2) is 0 Å². The summed E-state index contributed by atoms with van der Waals surface area (Å²) in [5.41, 5.74) is 9.56. The molecule has 1 unspecified atom stereocenters. The zero-order valence-electron chi connectivity index (χ0n) is 10.9. The van der Waals surface area contributed by atoms with Crippen molar-refractivity contribution in [2.45, 2.75) is 22.6 Å². The molecule has 2 aromatic carbocycles. The molecule has 3 heteroatoms. The highest BCUT2D eigenvalue weighted by molar-refractivity contribution is 8.00. The number of benzene rings is 2. The van der Waals surface area contributed by atoms with E-state index in [1.165, 1.54) is 26.7 Å². The van der Waals surface area contributed by atoms with Crippen molar-refractivity contribution in [3.8, 4) is 0 Å². The van der Waals surface area contributed by atoms with E-state index in [9.17, 15) is 0 Å². The summed E-state index contributed by atoms with van der Waals surface area (Å²) in [6.07, 6.45) is 0. The van der Waals surface area contributed by atoms with E-state index in [4.69, 9.17) is 5.73 Å². The highest BCUT2D eigenvalue weighted by Crippen LogP contribution is 2.42. The molecule has 0 bridgehead atoms. The Morgan fingerprint density at radius 2 is 2.11 bits per heavy atom. The van der Waals surface area contributed by atoms with Gasteiger partial charge in [0.05, 0.1) is 0 Å². The summed E-state index contributed by atoms with van der Waals surface area (Å²) in [6.45, 7) is 2.15. The molecule has 0 amide bonds. The molecule has 1 nitrogen and oxygen atoms in total. The van der Waals surface area contributed by atoms with Crippen LogP contribution in [0.15, 0.2) is 52.3 Å². The van der Waals surface area contributed by atoms with Crippen molar-refractivity contribution in [1.29, 1.82) is 0 Å². The molecule has 19 heavy (non-hydrogen) atoms. The van der Waals surface area contributed by atoms with E-state index in [2.05, 4.69) is 43.3 Å². The predicted octanol–water partition coefficient (Wildman–Crippen LogP) is 4.56. The van der Waals surface area contributed by atoms with Crippen molar-refractivity contribution in [2.75, 3.05) is 17.2 Å². The minimum atomic E-state index is 0.659. The van der Waals surface area contributed by atoms with Gasteiger partial charge in [0.25, 0.3) is 0 Å². The lowest BCUT2D eigenvalue weighted by Gasteiger charge is -2.12. The van der Waals surface area contributed by atoms with Gasteiger partial charge in [0.2, 0.25) is 0 Å². The normalized spacial score (nSPS) is 17.4. The van der Waals surface area contributed by atoms with Gasteiger partial charge in [-0.2, -0.15) is 0 Å². The van der Waals surface area contributed by atoms with Crippen LogP contribution in [0.2, 0.25) is 0 Å². The molecule has 1 heterocycles. The Morgan fingerprint density at radius 3 is 3.00 bits per heavy atom. The maximum Gasteiger partial charge on any atom is 0.0325 e. The van der Waals surface area contributed by atoms with Crippen LogP contribution in [0.25, 0.3) is 0 Å². The van der Waals surface area contributed by atoms with Gasteiger partial charge in [0, 0.05) is 32.9 Å². The predicted molar refractivity (Wildman–Crippen MR) is 86.2 cm³/mol. The summed E-state index contributed by atoms with van der Waals surface area (Å²) >= 11 is 3.91. The van der Waals surface area contributed by atoms with Gasteiger partial charge >= 0.3 is 0 Å². The van der Waals surface area contributed by atoms with Crippen molar-refractivity contribution in [2.24, 2.45) is 0 Å². The zero-order chi connectivity index (χ0) is 13.2. The average Bonchev–Trinajstić information content (AvgIpc) is 2.83. The number of thioether (sulfide) groups is 2. The Morgan fingerprint density at radius 1 is 1.26 bits per heavy atom. The molecule has 0 aliphatic carbocycles. The fourth-order valence-electron chi connectivity index (χ4n) is 2.33. The molecule has 0 aromatic heterocycles. The Balaban J connectivity index is 1.72. The van der Waals surface area contributed by atoms with E-state index in [1.807, 2.05) is 29.6 Å². The second kappa shape index (κ2) is 5.51. The number of aryl methyl sites for hydroxylation is 1. The standard InChI is InChI=1S/C16H17NS2/c1-11-6-7-13(17)8-16(11)19-10-12-9-18-15-5-3-2-4-14(12)15/h2-8,12H,9-10,17H2,1H3. The van der Waals surface area contributed by atoms with Gasteiger partial charge in [-0.05, 0) is 36.2 Å². The lowest BCUT2D eigenvalue weighted by atomic mass is 10.0. The largest absolute Gasteiger partial charge is 0.399 e. The van der Waals surface area contributed by atoms with Crippen LogP contribution in [0.4, 0.5) is 5.69 Å². The second-order valence-electron chi connectivity index (χ2n) is 4.88. The molecule has 0 saturated heterocycles. The Kier molecular flexibility index (Phi) is 3.76. The molecule has 3 rings (SSSR count). The monoisotopic (exact) mass is 287 g/mol. The molecular formula is C16H17NS2. The average molecular weight is 287 g/mol. The van der Waals surface area contributed by atoms with Gasteiger partial charge in [0.1, 0.15) is 0 Å². The highest BCUT2D eigenvalue weighted by Gasteiger charge is 2.22. The van der Waals surface area contributed by atoms with Crippen molar-refractivity contribution < 1.29 is 0 Å². The smallest absolute Gasteiger partial charge is 0.0325 e. The molecule has 1 aliphatic rings. The molecule has 2 aromatic rings. The number of hydrogen-bond donors (Lipinski definition) is 1. The lowest BCUT2D eigenvalue weighted by Crippen LogP contribution is -2.00. The van der Waals surface area contributed by atoms with Gasteiger partial charge in [-0.25, -0.2) is 0 Å². The van der Waals surface area contributed by atoms with E-state index < -0.39 is 0 Å². The van der Waals surface area contributed by atoms with Gasteiger partial charge in [-0.3, -0.25) is 0 Å². The molecule has 0 spiro atoms. The summed E-state index contributed by atoms with van der Waals surface area (Å²) < 4.78 is 0. The van der Waals surface area contributed by atoms with Gasteiger partial charge in [-0.15, -0.1) is 23.5 Å². The van der Waals surface area contributed by atoms with Crippen molar-refractivity contribution >= 4 is 29.2 Å². The summed E-state index contributed by atoms with van der Waals surface area (Å²) in [6, 6.07) is 14.9. The highest BCUT2D eigenvalue weighted by atomic mass is 32.2. The van der Waals surface area contributed by atoms with E-state index in [0.717, 1.165) is 11.4 Å². The number of nitrogen functional groups attached to an aromatic ring is 1. The Labute approximate surface area is 123 Å². The third-order valence-electron chi connectivity index (χ3n) is 3.45. The lowest BCUT2D eigenvalue weighted by molar-refractivity contribution is 0.896. The molecule has 0 saturated carbocycles. The number of nitrogens with two attached hydrogens (primary N) is 1. The number of rotatable bonds is 3. The summed E-state index contributed by atoms with van der Waals surface area (Å²) in [7, 11) is 0. The quantitative estimate of drug-likeness (QED) is 0.662. The van der Waals surface area contributed by atoms with Crippen LogP contribution in [0.5, 0.6) is 0 Å². The molecule has 98 valence electrons.